The second-order valence-corrected chi connectivity index (χ2v) is 3.08. The highest BCUT2D eigenvalue weighted by molar-refractivity contribution is 5.79. The number of halogens is 3. The number of alkyl halides is 3. The number of rotatable bonds is 6. The maximum absolute atomic E-state index is 11.9. The first-order chi connectivity index (χ1) is 7.76. The normalized spacial score (nSPS) is 12.6. The fraction of sp³-hybridized carbons (Fsp3) is 0.556. The number of carbonyl (C=O) groups is 2. The lowest BCUT2D eigenvalue weighted by Gasteiger charge is -2.15. The highest BCUT2D eigenvalue weighted by Crippen LogP contribution is 2.22. The van der Waals surface area contributed by atoms with Crippen LogP contribution in [0.1, 0.15) is 12.8 Å². The Balaban J connectivity index is 4.20. The quantitative estimate of drug-likeness (QED) is 0.708. The Kier molecular flexibility index (Phi) is 6.08. The summed E-state index contributed by atoms with van der Waals surface area (Å²) >= 11 is 0. The second kappa shape index (κ2) is 6.77. The van der Waals surface area contributed by atoms with Crippen molar-refractivity contribution in [3.63, 3.8) is 0 Å². The van der Waals surface area contributed by atoms with Crippen molar-refractivity contribution in [1.82, 2.24) is 5.32 Å². The first-order valence-electron chi connectivity index (χ1n) is 4.60. The average Bonchev–Trinajstić information content (AvgIpc) is 2.19. The van der Waals surface area contributed by atoms with Crippen molar-refractivity contribution in [3.8, 4) is 0 Å². The molecule has 0 saturated heterocycles. The highest BCUT2D eigenvalue weighted by Gasteiger charge is 2.31. The monoisotopic (exact) mass is 255 g/mol. The van der Waals surface area contributed by atoms with Crippen molar-refractivity contribution in [1.29, 1.82) is 0 Å². The molecule has 0 aromatic rings. The fourth-order valence-corrected chi connectivity index (χ4v) is 0.884. The maximum atomic E-state index is 11.9. The van der Waals surface area contributed by atoms with Crippen LogP contribution < -0.4 is 5.32 Å². The number of nitrogens with one attached hydrogen (secondary N) is 1. The number of carbonyl (C=O) groups excluding carboxylic acids is 1. The first kappa shape index (κ1) is 15.3. The van der Waals surface area contributed by atoms with E-state index in [-0.39, 0.29) is 6.61 Å². The Labute approximate surface area is 95.2 Å². The Hall–Kier alpha value is -1.73. The summed E-state index contributed by atoms with van der Waals surface area (Å²) in [5.74, 6) is -1.55. The summed E-state index contributed by atoms with van der Waals surface area (Å²) < 4.78 is 40.0. The molecule has 0 bridgehead atoms. The lowest BCUT2D eigenvalue weighted by atomic mass is 10.1. The maximum Gasteiger partial charge on any atom is 0.408 e. The molecule has 0 aliphatic heterocycles. The molecule has 1 atom stereocenters. The standard InChI is InChI=1S/C9H12F3NO4/c1-2-5-17-8(16)13-6(7(14)15)3-4-9(10,11)12/h2,6H,1,3-5H2,(H,13,16)(H,14,15). The van der Waals surface area contributed by atoms with Crippen LogP contribution >= 0.6 is 0 Å². The van der Waals surface area contributed by atoms with E-state index >= 15 is 0 Å². The van der Waals surface area contributed by atoms with E-state index < -0.39 is 37.1 Å². The predicted molar refractivity (Wildman–Crippen MR) is 51.4 cm³/mol. The van der Waals surface area contributed by atoms with Gasteiger partial charge in [-0.3, -0.25) is 0 Å². The molecule has 1 unspecified atom stereocenters. The molecule has 0 aliphatic carbocycles. The summed E-state index contributed by atoms with van der Waals surface area (Å²) in [5, 5.41) is 10.4. The molecule has 0 fully saturated rings. The van der Waals surface area contributed by atoms with Gasteiger partial charge in [0.25, 0.3) is 0 Å². The predicted octanol–water partition coefficient (Wildman–Crippen LogP) is 1.69. The number of hydrogen-bond acceptors (Lipinski definition) is 3. The van der Waals surface area contributed by atoms with Crippen molar-refractivity contribution in [2.75, 3.05) is 6.61 Å². The molecule has 0 saturated carbocycles. The molecular formula is C9H12F3NO4. The number of carboxylic acids is 1. The SMILES string of the molecule is C=CCOC(=O)NC(CCC(F)(F)F)C(=O)O. The van der Waals surface area contributed by atoms with Gasteiger partial charge in [0.1, 0.15) is 12.6 Å². The number of alkyl carbamates (subject to hydrolysis) is 1. The van der Waals surface area contributed by atoms with Gasteiger partial charge < -0.3 is 15.2 Å². The number of ether oxygens (including phenoxy) is 1. The van der Waals surface area contributed by atoms with E-state index in [0.717, 1.165) is 0 Å². The van der Waals surface area contributed by atoms with Crippen LogP contribution in [0.4, 0.5) is 18.0 Å². The lowest BCUT2D eigenvalue weighted by molar-refractivity contribution is -0.145. The number of amides is 1. The van der Waals surface area contributed by atoms with Gasteiger partial charge in [-0.1, -0.05) is 12.7 Å². The van der Waals surface area contributed by atoms with Crippen LogP contribution in [0.15, 0.2) is 12.7 Å². The van der Waals surface area contributed by atoms with Gasteiger partial charge >= 0.3 is 18.2 Å². The highest BCUT2D eigenvalue weighted by atomic mass is 19.4. The van der Waals surface area contributed by atoms with Crippen LogP contribution in [0, 0.1) is 0 Å². The molecule has 8 heteroatoms. The zero-order valence-corrected chi connectivity index (χ0v) is 8.79. The van der Waals surface area contributed by atoms with E-state index in [4.69, 9.17) is 5.11 Å². The van der Waals surface area contributed by atoms with Gasteiger partial charge in [-0.25, -0.2) is 9.59 Å². The van der Waals surface area contributed by atoms with Crippen molar-refractivity contribution >= 4 is 12.1 Å². The molecule has 5 nitrogen and oxygen atoms in total. The van der Waals surface area contributed by atoms with E-state index in [1.54, 1.807) is 0 Å². The van der Waals surface area contributed by atoms with E-state index in [0.29, 0.717) is 0 Å². The van der Waals surface area contributed by atoms with Crippen LogP contribution in [0.25, 0.3) is 0 Å². The number of hydrogen-bond donors (Lipinski definition) is 2. The van der Waals surface area contributed by atoms with Gasteiger partial charge in [0, 0.05) is 6.42 Å². The number of aliphatic carboxylic acids is 1. The van der Waals surface area contributed by atoms with Crippen LogP contribution in [0.2, 0.25) is 0 Å². The third-order valence-corrected chi connectivity index (χ3v) is 1.64. The minimum Gasteiger partial charge on any atom is -0.480 e. The molecule has 0 heterocycles. The molecule has 0 aliphatic rings. The van der Waals surface area contributed by atoms with E-state index in [2.05, 4.69) is 11.3 Å². The van der Waals surface area contributed by atoms with E-state index in [9.17, 15) is 22.8 Å². The first-order valence-corrected chi connectivity index (χ1v) is 4.60. The molecule has 0 radical (unpaired) electrons. The van der Waals surface area contributed by atoms with Gasteiger partial charge in [-0.05, 0) is 6.42 Å². The Morgan fingerprint density at radius 3 is 2.47 bits per heavy atom. The zero-order valence-electron chi connectivity index (χ0n) is 8.79. The van der Waals surface area contributed by atoms with Crippen LogP contribution in [0.5, 0.6) is 0 Å². The minimum atomic E-state index is -4.47. The summed E-state index contributed by atoms with van der Waals surface area (Å²) in [5.41, 5.74) is 0. The smallest absolute Gasteiger partial charge is 0.408 e. The Bertz CT molecular complexity index is 290. The molecule has 98 valence electrons. The average molecular weight is 255 g/mol. The number of carboxylic acid groups (broad SMARTS) is 1. The van der Waals surface area contributed by atoms with Crippen molar-refractivity contribution in [3.05, 3.63) is 12.7 Å². The van der Waals surface area contributed by atoms with Gasteiger partial charge in [0.15, 0.2) is 0 Å². The molecule has 2 N–H and O–H groups in total. The van der Waals surface area contributed by atoms with E-state index in [1.165, 1.54) is 6.08 Å². The molecular weight excluding hydrogens is 243 g/mol. The molecule has 1 amide bonds. The second-order valence-electron chi connectivity index (χ2n) is 3.08. The van der Waals surface area contributed by atoms with Crippen molar-refractivity contribution in [2.24, 2.45) is 0 Å². The zero-order chi connectivity index (χ0) is 13.5. The van der Waals surface area contributed by atoms with Gasteiger partial charge in [0.05, 0.1) is 0 Å². The minimum absolute atomic E-state index is 0.155. The lowest BCUT2D eigenvalue weighted by Crippen LogP contribution is -2.41. The van der Waals surface area contributed by atoms with Gasteiger partial charge in [0.2, 0.25) is 0 Å². The molecule has 0 rings (SSSR count). The molecule has 0 aromatic carbocycles. The van der Waals surface area contributed by atoms with Crippen LogP contribution in [-0.4, -0.2) is 36.0 Å². The summed E-state index contributed by atoms with van der Waals surface area (Å²) in [7, 11) is 0. The summed E-state index contributed by atoms with van der Waals surface area (Å²) in [6.07, 6.45) is -6.38. The summed E-state index contributed by atoms with van der Waals surface area (Å²) in [6, 6.07) is -1.63. The Morgan fingerprint density at radius 1 is 1.47 bits per heavy atom. The van der Waals surface area contributed by atoms with Gasteiger partial charge in [-0.2, -0.15) is 13.2 Å². The largest absolute Gasteiger partial charge is 0.480 e. The third-order valence-electron chi connectivity index (χ3n) is 1.64. The van der Waals surface area contributed by atoms with Crippen molar-refractivity contribution < 1.29 is 32.6 Å². The van der Waals surface area contributed by atoms with Crippen molar-refractivity contribution in [2.45, 2.75) is 25.1 Å². The van der Waals surface area contributed by atoms with Gasteiger partial charge in [-0.15, -0.1) is 0 Å². The third kappa shape index (κ3) is 8.12. The molecule has 0 spiro atoms. The molecule has 17 heavy (non-hydrogen) atoms. The topological polar surface area (TPSA) is 75.6 Å². The molecule has 0 aromatic heterocycles. The van der Waals surface area contributed by atoms with E-state index in [1.807, 2.05) is 5.32 Å². The van der Waals surface area contributed by atoms with Crippen LogP contribution in [0.3, 0.4) is 0 Å². The fourth-order valence-electron chi connectivity index (χ4n) is 0.884. The Morgan fingerprint density at radius 2 is 2.06 bits per heavy atom. The summed E-state index contributed by atoms with van der Waals surface area (Å²) in [6.45, 7) is 3.09. The van der Waals surface area contributed by atoms with Crippen LogP contribution in [-0.2, 0) is 9.53 Å². The summed E-state index contributed by atoms with van der Waals surface area (Å²) in [4.78, 5) is 21.5.